The Labute approximate surface area is 147 Å². The first-order valence-corrected chi connectivity index (χ1v) is 8.24. The van der Waals surface area contributed by atoms with Gasteiger partial charge in [0.05, 0.1) is 13.2 Å². The van der Waals surface area contributed by atoms with Crippen LogP contribution in [0.4, 0.5) is 0 Å². The van der Waals surface area contributed by atoms with E-state index in [4.69, 9.17) is 32.7 Å². The smallest absolute Gasteiger partial charge is 0.163 e. The summed E-state index contributed by atoms with van der Waals surface area (Å²) in [5.41, 5.74) is 2.00. The molecule has 0 atom stereocenters. The van der Waals surface area contributed by atoms with Gasteiger partial charge < -0.3 is 14.8 Å². The number of ether oxygens (including phenoxy) is 2. The fourth-order valence-corrected chi connectivity index (χ4v) is 2.61. The average Bonchev–Trinajstić information content (AvgIpc) is 2.50. The molecule has 2 aromatic carbocycles. The van der Waals surface area contributed by atoms with E-state index in [-0.39, 0.29) is 6.10 Å². The van der Waals surface area contributed by atoms with Crippen molar-refractivity contribution < 1.29 is 9.47 Å². The molecule has 0 amide bonds. The van der Waals surface area contributed by atoms with Crippen LogP contribution in [0.5, 0.6) is 11.5 Å². The van der Waals surface area contributed by atoms with Gasteiger partial charge in [0.1, 0.15) is 0 Å². The number of hydrogen-bond acceptors (Lipinski definition) is 3. The molecular weight excluding hydrogens is 333 g/mol. The topological polar surface area (TPSA) is 30.5 Å². The summed E-state index contributed by atoms with van der Waals surface area (Å²) in [5.74, 6) is 1.33. The Bertz CT molecular complexity index is 659. The molecule has 0 aromatic heterocycles. The van der Waals surface area contributed by atoms with Gasteiger partial charge in [0, 0.05) is 29.2 Å². The number of rotatable bonds is 7. The Kier molecular flexibility index (Phi) is 6.58. The zero-order valence-corrected chi connectivity index (χ0v) is 15.0. The van der Waals surface area contributed by atoms with E-state index in [0.717, 1.165) is 16.1 Å². The van der Waals surface area contributed by atoms with Crippen molar-refractivity contribution in [2.45, 2.75) is 33.0 Å². The fourth-order valence-electron chi connectivity index (χ4n) is 2.19. The molecule has 0 unspecified atom stereocenters. The second kappa shape index (κ2) is 8.44. The van der Waals surface area contributed by atoms with Gasteiger partial charge in [0.25, 0.3) is 0 Å². The maximum Gasteiger partial charge on any atom is 0.163 e. The lowest BCUT2D eigenvalue weighted by Gasteiger charge is -2.16. The molecule has 0 spiro atoms. The highest BCUT2D eigenvalue weighted by Gasteiger charge is 2.12. The lowest BCUT2D eigenvalue weighted by atomic mass is 10.1. The van der Waals surface area contributed by atoms with Crippen LogP contribution in [0.25, 0.3) is 0 Å². The predicted octanol–water partition coefficient (Wildman–Crippen LogP) is 5.08. The highest BCUT2D eigenvalue weighted by Crippen LogP contribution is 2.34. The van der Waals surface area contributed by atoms with Crippen LogP contribution in [-0.4, -0.2) is 13.2 Å². The number of halogens is 2. The molecule has 0 saturated carbocycles. The van der Waals surface area contributed by atoms with E-state index >= 15 is 0 Å². The van der Waals surface area contributed by atoms with Gasteiger partial charge in [-0.25, -0.2) is 0 Å². The molecule has 0 aliphatic rings. The second-order valence-electron chi connectivity index (χ2n) is 5.46. The summed E-state index contributed by atoms with van der Waals surface area (Å²) in [6.07, 6.45) is 0.0594. The maximum atomic E-state index is 6.35. The molecule has 1 N–H and O–H groups in total. The van der Waals surface area contributed by atoms with E-state index < -0.39 is 0 Å². The zero-order chi connectivity index (χ0) is 16.8. The predicted molar refractivity (Wildman–Crippen MR) is 95.8 cm³/mol. The molecule has 23 heavy (non-hydrogen) atoms. The van der Waals surface area contributed by atoms with Gasteiger partial charge in [-0.1, -0.05) is 41.4 Å². The van der Waals surface area contributed by atoms with E-state index in [2.05, 4.69) is 5.32 Å². The van der Waals surface area contributed by atoms with Gasteiger partial charge in [-0.05, 0) is 37.1 Å². The van der Waals surface area contributed by atoms with E-state index in [1.54, 1.807) is 13.2 Å². The first kappa shape index (κ1) is 17.9. The highest BCUT2D eigenvalue weighted by molar-refractivity contribution is 6.31. The van der Waals surface area contributed by atoms with Crippen LogP contribution in [0.15, 0.2) is 36.4 Å². The lowest BCUT2D eigenvalue weighted by Crippen LogP contribution is -2.14. The Morgan fingerprint density at radius 2 is 1.65 bits per heavy atom. The van der Waals surface area contributed by atoms with Crippen molar-refractivity contribution in [3.05, 3.63) is 57.6 Å². The second-order valence-corrected chi connectivity index (χ2v) is 6.27. The monoisotopic (exact) mass is 353 g/mol. The molecule has 0 saturated heterocycles. The maximum absolute atomic E-state index is 6.35. The molecule has 0 heterocycles. The molecule has 0 fully saturated rings. The van der Waals surface area contributed by atoms with Crippen LogP contribution in [0, 0.1) is 0 Å². The summed E-state index contributed by atoms with van der Waals surface area (Å²) in [6.45, 7) is 5.21. The molecule has 0 bridgehead atoms. The van der Waals surface area contributed by atoms with Crippen molar-refractivity contribution in [2.75, 3.05) is 7.11 Å². The van der Waals surface area contributed by atoms with Gasteiger partial charge in [-0.15, -0.1) is 0 Å². The van der Waals surface area contributed by atoms with Crippen LogP contribution in [0.3, 0.4) is 0 Å². The van der Waals surface area contributed by atoms with Gasteiger partial charge in [0.2, 0.25) is 0 Å². The lowest BCUT2D eigenvalue weighted by molar-refractivity contribution is 0.230. The SMILES string of the molecule is COc1cc(CNCc2ccccc2Cl)c(Cl)cc1OC(C)C. The van der Waals surface area contributed by atoms with Crippen LogP contribution in [0.1, 0.15) is 25.0 Å². The van der Waals surface area contributed by atoms with E-state index in [0.29, 0.717) is 29.6 Å². The number of hydrogen-bond donors (Lipinski definition) is 1. The molecule has 5 heteroatoms. The third-order valence-corrected chi connectivity index (χ3v) is 4.00. The molecular formula is C18H21Cl2NO2. The Morgan fingerprint density at radius 1 is 0.957 bits per heavy atom. The minimum Gasteiger partial charge on any atom is -0.493 e. The normalized spacial score (nSPS) is 10.9. The fraction of sp³-hybridized carbons (Fsp3) is 0.333. The minimum absolute atomic E-state index is 0.0594. The van der Waals surface area contributed by atoms with Gasteiger partial charge in [-0.3, -0.25) is 0 Å². The molecule has 2 aromatic rings. The van der Waals surface area contributed by atoms with Crippen LogP contribution >= 0.6 is 23.2 Å². The van der Waals surface area contributed by atoms with Gasteiger partial charge >= 0.3 is 0 Å². The first-order chi connectivity index (χ1) is 11.0. The number of nitrogens with one attached hydrogen (secondary N) is 1. The van der Waals surface area contributed by atoms with Crippen molar-refractivity contribution in [1.29, 1.82) is 0 Å². The summed E-state index contributed by atoms with van der Waals surface area (Å²) < 4.78 is 11.1. The van der Waals surface area contributed by atoms with Crippen molar-refractivity contribution in [3.63, 3.8) is 0 Å². The molecule has 0 aliphatic carbocycles. The van der Waals surface area contributed by atoms with Gasteiger partial charge in [0.15, 0.2) is 11.5 Å². The standard InChI is InChI=1S/C18H21Cl2NO2/c1-12(2)23-18-9-16(20)14(8-17(18)22-3)11-21-10-13-6-4-5-7-15(13)19/h4-9,12,21H,10-11H2,1-3H3. The summed E-state index contributed by atoms with van der Waals surface area (Å²) in [5, 5.41) is 4.75. The molecule has 0 aliphatic heterocycles. The number of benzene rings is 2. The van der Waals surface area contributed by atoms with Gasteiger partial charge in [-0.2, -0.15) is 0 Å². The summed E-state index contributed by atoms with van der Waals surface area (Å²) in [4.78, 5) is 0. The van der Waals surface area contributed by atoms with Crippen molar-refractivity contribution in [2.24, 2.45) is 0 Å². The Morgan fingerprint density at radius 3 is 2.30 bits per heavy atom. The highest BCUT2D eigenvalue weighted by atomic mass is 35.5. The summed E-state index contributed by atoms with van der Waals surface area (Å²) in [7, 11) is 1.62. The van der Waals surface area contributed by atoms with Crippen LogP contribution in [-0.2, 0) is 13.1 Å². The van der Waals surface area contributed by atoms with Crippen molar-refractivity contribution >= 4 is 23.2 Å². The molecule has 3 nitrogen and oxygen atoms in total. The van der Waals surface area contributed by atoms with Crippen LogP contribution < -0.4 is 14.8 Å². The van der Waals surface area contributed by atoms with E-state index in [1.807, 2.05) is 44.2 Å². The van der Waals surface area contributed by atoms with E-state index in [9.17, 15) is 0 Å². The Balaban J connectivity index is 2.06. The minimum atomic E-state index is 0.0594. The summed E-state index contributed by atoms with van der Waals surface area (Å²) >= 11 is 12.5. The molecule has 124 valence electrons. The van der Waals surface area contributed by atoms with E-state index in [1.165, 1.54) is 0 Å². The molecule has 2 rings (SSSR count). The first-order valence-electron chi connectivity index (χ1n) is 7.48. The quantitative estimate of drug-likeness (QED) is 0.752. The Hall–Kier alpha value is -1.42. The third-order valence-electron chi connectivity index (χ3n) is 3.28. The van der Waals surface area contributed by atoms with Crippen molar-refractivity contribution in [3.8, 4) is 11.5 Å². The average molecular weight is 354 g/mol. The number of methoxy groups -OCH3 is 1. The zero-order valence-electron chi connectivity index (χ0n) is 13.5. The molecule has 0 radical (unpaired) electrons. The van der Waals surface area contributed by atoms with Crippen molar-refractivity contribution in [1.82, 2.24) is 5.32 Å². The third kappa shape index (κ3) is 5.03. The largest absolute Gasteiger partial charge is 0.493 e. The summed E-state index contributed by atoms with van der Waals surface area (Å²) in [6, 6.07) is 11.5. The van der Waals surface area contributed by atoms with Crippen LogP contribution in [0.2, 0.25) is 10.0 Å².